The number of hydrogen-bond acceptors (Lipinski definition) is 4. The first-order valence-corrected chi connectivity index (χ1v) is 12.2. The summed E-state index contributed by atoms with van der Waals surface area (Å²) >= 11 is 0. The van der Waals surface area contributed by atoms with Crippen molar-refractivity contribution in [1.82, 2.24) is 9.21 Å². The highest BCUT2D eigenvalue weighted by molar-refractivity contribution is 7.89. The van der Waals surface area contributed by atoms with Gasteiger partial charge in [0, 0.05) is 52.0 Å². The van der Waals surface area contributed by atoms with Crippen molar-refractivity contribution in [3.05, 3.63) is 58.7 Å². The highest BCUT2D eigenvalue weighted by Gasteiger charge is 2.24. The molecule has 0 aromatic heterocycles. The maximum absolute atomic E-state index is 13.1. The van der Waals surface area contributed by atoms with Gasteiger partial charge in [-0.1, -0.05) is 12.1 Å². The number of rotatable bonds is 6. The van der Waals surface area contributed by atoms with Crippen LogP contribution in [0.4, 0.5) is 5.69 Å². The quantitative estimate of drug-likeness (QED) is 0.681. The zero-order chi connectivity index (χ0) is 22.8. The van der Waals surface area contributed by atoms with Gasteiger partial charge in [0.25, 0.3) is 5.91 Å². The molecule has 1 heterocycles. The molecule has 0 bridgehead atoms. The molecule has 0 N–H and O–H groups in total. The molecular formula is C24H33N3O3S. The number of aryl methyl sites for hydroxylation is 1. The number of carbonyl (C=O) groups excluding carboxylic acids is 1. The topological polar surface area (TPSA) is 60.9 Å². The van der Waals surface area contributed by atoms with Crippen molar-refractivity contribution in [3.63, 3.8) is 0 Å². The third kappa shape index (κ3) is 5.10. The third-order valence-electron chi connectivity index (χ3n) is 6.05. The summed E-state index contributed by atoms with van der Waals surface area (Å²) in [5.41, 5.74) is 4.11. The lowest BCUT2D eigenvalue weighted by molar-refractivity contribution is 0.0784. The lowest BCUT2D eigenvalue weighted by Crippen LogP contribution is -2.29. The molecule has 2 aromatic carbocycles. The van der Waals surface area contributed by atoms with Crippen molar-refractivity contribution in [2.24, 2.45) is 0 Å². The molecule has 168 valence electrons. The van der Waals surface area contributed by atoms with Crippen LogP contribution in [-0.4, -0.2) is 57.8 Å². The molecular weight excluding hydrogens is 410 g/mol. The van der Waals surface area contributed by atoms with E-state index in [-0.39, 0.29) is 10.8 Å². The maximum Gasteiger partial charge on any atom is 0.253 e. The Bertz CT molecular complexity index is 1040. The summed E-state index contributed by atoms with van der Waals surface area (Å²) < 4.78 is 26.6. The average molecular weight is 444 g/mol. The van der Waals surface area contributed by atoms with E-state index in [0.717, 1.165) is 24.2 Å². The highest BCUT2D eigenvalue weighted by atomic mass is 32.2. The number of amides is 1. The first kappa shape index (κ1) is 23.3. The van der Waals surface area contributed by atoms with Crippen molar-refractivity contribution in [3.8, 4) is 0 Å². The number of sulfonamides is 1. The van der Waals surface area contributed by atoms with Gasteiger partial charge in [0.05, 0.1) is 4.90 Å². The minimum atomic E-state index is -3.63. The SMILES string of the molecule is Cc1cc(C(=O)N(C)Cc2ccc(N3CCCCC3)cc2)cc(S(=O)(=O)N(C)C)c1C. The lowest BCUT2D eigenvalue weighted by atomic mass is 10.0. The Hall–Kier alpha value is -2.38. The minimum absolute atomic E-state index is 0.181. The van der Waals surface area contributed by atoms with Crippen LogP contribution in [0.15, 0.2) is 41.3 Å². The van der Waals surface area contributed by atoms with Gasteiger partial charge < -0.3 is 9.80 Å². The highest BCUT2D eigenvalue weighted by Crippen LogP contribution is 2.25. The van der Waals surface area contributed by atoms with Crippen molar-refractivity contribution < 1.29 is 13.2 Å². The van der Waals surface area contributed by atoms with E-state index in [2.05, 4.69) is 29.2 Å². The Morgan fingerprint density at radius 2 is 1.58 bits per heavy atom. The van der Waals surface area contributed by atoms with Crippen LogP contribution in [-0.2, 0) is 16.6 Å². The van der Waals surface area contributed by atoms with Gasteiger partial charge in [0.2, 0.25) is 10.0 Å². The molecule has 0 aliphatic carbocycles. The van der Waals surface area contributed by atoms with Crippen LogP contribution in [0.5, 0.6) is 0 Å². The van der Waals surface area contributed by atoms with Crippen LogP contribution < -0.4 is 4.90 Å². The Morgan fingerprint density at radius 3 is 2.16 bits per heavy atom. The molecule has 3 rings (SSSR count). The summed E-state index contributed by atoms with van der Waals surface area (Å²) in [6, 6.07) is 11.6. The van der Waals surface area contributed by atoms with Crippen LogP contribution in [0, 0.1) is 13.8 Å². The van der Waals surface area contributed by atoms with Crippen molar-refractivity contribution >= 4 is 21.6 Å². The van der Waals surface area contributed by atoms with Crippen molar-refractivity contribution in [2.75, 3.05) is 39.1 Å². The second-order valence-electron chi connectivity index (χ2n) is 8.58. The fourth-order valence-corrected chi connectivity index (χ4v) is 5.16. The summed E-state index contributed by atoms with van der Waals surface area (Å²) in [5.74, 6) is -0.196. The molecule has 31 heavy (non-hydrogen) atoms. The summed E-state index contributed by atoms with van der Waals surface area (Å²) in [5, 5.41) is 0. The standard InChI is InChI=1S/C24H33N3O3S/c1-18-15-21(16-23(19(18)2)31(29,30)25(3)4)24(28)26(5)17-20-9-11-22(12-10-20)27-13-7-6-8-14-27/h9-12,15-16H,6-8,13-14,17H2,1-5H3. The molecule has 1 aliphatic rings. The van der Waals surface area contributed by atoms with Gasteiger partial charge in [-0.2, -0.15) is 0 Å². The average Bonchev–Trinajstić information content (AvgIpc) is 2.75. The van der Waals surface area contributed by atoms with Crippen molar-refractivity contribution in [2.45, 2.75) is 44.6 Å². The van der Waals surface area contributed by atoms with Crippen LogP contribution in [0.2, 0.25) is 0 Å². The largest absolute Gasteiger partial charge is 0.372 e. The van der Waals surface area contributed by atoms with E-state index in [4.69, 9.17) is 0 Å². The molecule has 0 saturated carbocycles. The van der Waals surface area contributed by atoms with Gasteiger partial charge in [0.15, 0.2) is 0 Å². The molecule has 0 unspecified atom stereocenters. The Balaban J connectivity index is 1.78. The zero-order valence-electron chi connectivity index (χ0n) is 19.2. The van der Waals surface area contributed by atoms with Gasteiger partial charge >= 0.3 is 0 Å². The molecule has 1 saturated heterocycles. The number of carbonyl (C=O) groups is 1. The number of anilines is 1. The second kappa shape index (κ2) is 9.40. The van der Waals surface area contributed by atoms with Crippen LogP contribution in [0.1, 0.15) is 46.3 Å². The smallest absolute Gasteiger partial charge is 0.253 e. The normalized spacial score (nSPS) is 14.7. The van der Waals surface area contributed by atoms with Crippen molar-refractivity contribution in [1.29, 1.82) is 0 Å². The van der Waals surface area contributed by atoms with Gasteiger partial charge in [-0.15, -0.1) is 0 Å². The Labute approximate surface area is 186 Å². The van der Waals surface area contributed by atoms with E-state index in [0.29, 0.717) is 17.7 Å². The second-order valence-corrected chi connectivity index (χ2v) is 10.7. The zero-order valence-corrected chi connectivity index (χ0v) is 20.0. The van der Waals surface area contributed by atoms with Gasteiger partial charge in [-0.3, -0.25) is 4.79 Å². The van der Waals surface area contributed by atoms with E-state index in [1.54, 1.807) is 24.9 Å². The fraction of sp³-hybridized carbons (Fsp3) is 0.458. The molecule has 1 fully saturated rings. The van der Waals surface area contributed by atoms with Crippen LogP contribution >= 0.6 is 0 Å². The Morgan fingerprint density at radius 1 is 0.968 bits per heavy atom. The predicted molar refractivity (Wildman–Crippen MR) is 125 cm³/mol. The minimum Gasteiger partial charge on any atom is -0.372 e. The molecule has 7 heteroatoms. The molecule has 0 spiro atoms. The number of hydrogen-bond donors (Lipinski definition) is 0. The van der Waals surface area contributed by atoms with Gasteiger partial charge in [-0.25, -0.2) is 12.7 Å². The maximum atomic E-state index is 13.1. The lowest BCUT2D eigenvalue weighted by Gasteiger charge is -2.29. The number of piperidine rings is 1. The van der Waals surface area contributed by atoms with E-state index in [1.807, 2.05) is 6.92 Å². The summed E-state index contributed by atoms with van der Waals surface area (Å²) in [6.45, 7) is 6.26. The number of nitrogens with zero attached hydrogens (tertiary/aromatic N) is 3. The predicted octanol–water partition coefficient (Wildman–Crippen LogP) is 3.82. The molecule has 1 aliphatic heterocycles. The van der Waals surface area contributed by atoms with Crippen LogP contribution in [0.25, 0.3) is 0 Å². The molecule has 0 atom stereocenters. The monoisotopic (exact) mass is 443 g/mol. The number of benzene rings is 2. The molecule has 6 nitrogen and oxygen atoms in total. The Kier molecular flexibility index (Phi) is 7.06. The van der Waals surface area contributed by atoms with E-state index >= 15 is 0 Å². The van der Waals surface area contributed by atoms with E-state index in [1.165, 1.54) is 49.4 Å². The fourth-order valence-electron chi connectivity index (χ4n) is 3.95. The summed E-state index contributed by atoms with van der Waals surface area (Å²) in [4.78, 5) is 17.3. The van der Waals surface area contributed by atoms with Gasteiger partial charge in [0.1, 0.15) is 0 Å². The van der Waals surface area contributed by atoms with Crippen LogP contribution in [0.3, 0.4) is 0 Å². The summed E-state index contributed by atoms with van der Waals surface area (Å²) in [7, 11) is 1.11. The third-order valence-corrected chi connectivity index (χ3v) is 7.99. The van der Waals surface area contributed by atoms with Gasteiger partial charge in [-0.05, 0) is 74.1 Å². The first-order valence-electron chi connectivity index (χ1n) is 10.7. The molecule has 0 radical (unpaired) electrons. The first-order chi connectivity index (χ1) is 14.6. The van der Waals surface area contributed by atoms with E-state index < -0.39 is 10.0 Å². The molecule has 2 aromatic rings. The molecule has 1 amide bonds. The summed E-state index contributed by atoms with van der Waals surface area (Å²) in [6.07, 6.45) is 3.78. The van der Waals surface area contributed by atoms with E-state index in [9.17, 15) is 13.2 Å².